The lowest BCUT2D eigenvalue weighted by Gasteiger charge is -2.26. The molecule has 0 N–H and O–H groups in total. The Morgan fingerprint density at radius 1 is 0.340 bits per heavy atom. The molecule has 2 heterocycles. The maximum Gasteiger partial charge on any atom is 0.159 e. The van der Waals surface area contributed by atoms with Crippen molar-refractivity contribution in [2.45, 2.75) is 0 Å². The average molecular weight is 678 g/mol. The molecule has 0 spiro atoms. The lowest BCUT2D eigenvalue weighted by molar-refractivity contribution is 0.663. The molecule has 248 valence electrons. The highest BCUT2D eigenvalue weighted by atomic mass is 16.3. The summed E-state index contributed by atoms with van der Waals surface area (Å²) in [4.78, 5) is 2.31. The first-order chi connectivity index (χ1) is 26.3. The first kappa shape index (κ1) is 29.6. The smallest absolute Gasteiger partial charge is 0.159 e. The summed E-state index contributed by atoms with van der Waals surface area (Å²) < 4.78 is 13.2. The lowest BCUT2D eigenvalue weighted by atomic mass is 9.93. The van der Waals surface area contributed by atoms with Crippen LogP contribution in [-0.4, -0.2) is 0 Å². The minimum absolute atomic E-state index is 0.824. The molecule has 3 heteroatoms. The predicted molar refractivity (Wildman–Crippen MR) is 222 cm³/mol. The van der Waals surface area contributed by atoms with E-state index < -0.39 is 0 Å². The zero-order valence-electron chi connectivity index (χ0n) is 28.7. The van der Waals surface area contributed by atoms with Crippen LogP contribution in [0.25, 0.3) is 87.7 Å². The topological polar surface area (TPSA) is 29.5 Å². The Kier molecular flexibility index (Phi) is 6.55. The fraction of sp³-hybridized carbons (Fsp3) is 0. The van der Waals surface area contributed by atoms with Crippen molar-refractivity contribution in [3.63, 3.8) is 0 Å². The number of anilines is 3. The number of hydrogen-bond donors (Lipinski definition) is 0. The van der Waals surface area contributed by atoms with Crippen LogP contribution in [0.15, 0.2) is 197 Å². The van der Waals surface area contributed by atoms with Crippen molar-refractivity contribution in [3.05, 3.63) is 188 Å². The molecule has 0 bridgehead atoms. The summed E-state index contributed by atoms with van der Waals surface area (Å²) in [5, 5.41) is 9.21. The molecule has 0 saturated heterocycles. The van der Waals surface area contributed by atoms with E-state index in [1.807, 2.05) is 12.1 Å². The Morgan fingerprint density at radius 3 is 1.74 bits per heavy atom. The molecule has 0 unspecified atom stereocenters. The van der Waals surface area contributed by atoms with Crippen LogP contribution in [0.3, 0.4) is 0 Å². The van der Waals surface area contributed by atoms with E-state index in [1.165, 1.54) is 43.8 Å². The van der Waals surface area contributed by atoms with Crippen LogP contribution in [0.4, 0.5) is 17.1 Å². The standard InChI is InChI=1S/C50H31NO2/c1-2-11-32(12-3-1)33-21-25-36(26-22-33)51(37-27-23-34(24-28-37)44-31-35-13-4-5-14-38(35)39-15-6-7-16-40(39)44)45-19-10-18-41-42-29-30-47-48(50(42)53-49(41)45)43-17-8-9-20-46(43)52-47/h1-31H. The summed E-state index contributed by atoms with van der Waals surface area (Å²) in [6.07, 6.45) is 0. The predicted octanol–water partition coefficient (Wildman–Crippen LogP) is 14.6. The van der Waals surface area contributed by atoms with Crippen molar-refractivity contribution in [3.8, 4) is 22.3 Å². The summed E-state index contributed by atoms with van der Waals surface area (Å²) in [6.45, 7) is 0. The highest BCUT2D eigenvalue weighted by Gasteiger charge is 2.22. The molecule has 11 aromatic rings. The first-order valence-electron chi connectivity index (χ1n) is 18.0. The number of nitrogens with zero attached hydrogens (tertiary/aromatic N) is 1. The van der Waals surface area contributed by atoms with Gasteiger partial charge in [-0.25, -0.2) is 0 Å². The van der Waals surface area contributed by atoms with E-state index in [1.54, 1.807) is 0 Å². The van der Waals surface area contributed by atoms with Crippen LogP contribution in [0.5, 0.6) is 0 Å². The number of benzene rings is 9. The van der Waals surface area contributed by atoms with Crippen molar-refractivity contribution < 1.29 is 8.83 Å². The van der Waals surface area contributed by atoms with Crippen LogP contribution in [0, 0.1) is 0 Å². The van der Waals surface area contributed by atoms with Gasteiger partial charge in [-0.2, -0.15) is 0 Å². The third kappa shape index (κ3) is 4.68. The Bertz CT molecular complexity index is 3150. The molecular weight excluding hydrogens is 647 g/mol. The van der Waals surface area contributed by atoms with E-state index in [2.05, 4.69) is 181 Å². The van der Waals surface area contributed by atoms with Crippen molar-refractivity contribution in [2.75, 3.05) is 4.90 Å². The van der Waals surface area contributed by atoms with Gasteiger partial charge in [0.15, 0.2) is 5.58 Å². The van der Waals surface area contributed by atoms with E-state index in [4.69, 9.17) is 8.83 Å². The Morgan fingerprint density at radius 2 is 0.943 bits per heavy atom. The van der Waals surface area contributed by atoms with Gasteiger partial charge in [-0.3, -0.25) is 0 Å². The summed E-state index contributed by atoms with van der Waals surface area (Å²) in [5.74, 6) is 0. The van der Waals surface area contributed by atoms with E-state index in [0.29, 0.717) is 0 Å². The molecule has 2 aromatic heterocycles. The summed E-state index contributed by atoms with van der Waals surface area (Å²) in [7, 11) is 0. The molecule has 53 heavy (non-hydrogen) atoms. The van der Waals surface area contributed by atoms with Crippen LogP contribution < -0.4 is 4.90 Å². The molecule has 0 aliphatic carbocycles. The third-order valence-corrected chi connectivity index (χ3v) is 10.7. The molecule has 3 nitrogen and oxygen atoms in total. The van der Waals surface area contributed by atoms with E-state index in [-0.39, 0.29) is 0 Å². The SMILES string of the molecule is c1ccc(-c2ccc(N(c3ccc(-c4cc5ccccc5c5ccccc45)cc3)c3cccc4c3oc3c4ccc4oc5ccccc5c43)cc2)cc1. The molecule has 0 saturated carbocycles. The fourth-order valence-corrected chi connectivity index (χ4v) is 8.17. The van der Waals surface area contributed by atoms with Crippen molar-refractivity contribution >= 4 is 82.5 Å². The summed E-state index contributed by atoms with van der Waals surface area (Å²) in [6, 6.07) is 66.8. The highest BCUT2D eigenvalue weighted by molar-refractivity contribution is 6.23. The van der Waals surface area contributed by atoms with Crippen LogP contribution in [0.1, 0.15) is 0 Å². The minimum Gasteiger partial charge on any atom is -0.456 e. The van der Waals surface area contributed by atoms with E-state index >= 15 is 0 Å². The largest absolute Gasteiger partial charge is 0.456 e. The molecule has 0 radical (unpaired) electrons. The van der Waals surface area contributed by atoms with Gasteiger partial charge in [-0.05, 0) is 98.4 Å². The average Bonchev–Trinajstić information content (AvgIpc) is 3.81. The Labute approximate surface area is 305 Å². The van der Waals surface area contributed by atoms with Gasteiger partial charge < -0.3 is 13.7 Å². The molecule has 9 aromatic carbocycles. The Hall–Kier alpha value is -7.10. The van der Waals surface area contributed by atoms with Crippen LogP contribution >= 0.6 is 0 Å². The molecule has 0 aliphatic rings. The number of para-hydroxylation sites is 2. The van der Waals surface area contributed by atoms with Gasteiger partial charge in [-0.1, -0.05) is 133 Å². The second-order valence-electron chi connectivity index (χ2n) is 13.7. The molecule has 0 fully saturated rings. The quantitative estimate of drug-likeness (QED) is 0.170. The summed E-state index contributed by atoms with van der Waals surface area (Å²) in [5.41, 5.74) is 11.2. The molecular formula is C50H31NO2. The minimum atomic E-state index is 0.824. The van der Waals surface area contributed by atoms with E-state index in [9.17, 15) is 0 Å². The van der Waals surface area contributed by atoms with Gasteiger partial charge in [-0.15, -0.1) is 0 Å². The normalized spacial score (nSPS) is 11.8. The maximum absolute atomic E-state index is 6.96. The van der Waals surface area contributed by atoms with Crippen LogP contribution in [0.2, 0.25) is 0 Å². The second kappa shape index (κ2) is 11.7. The lowest BCUT2D eigenvalue weighted by Crippen LogP contribution is -2.10. The second-order valence-corrected chi connectivity index (χ2v) is 13.7. The number of fused-ring (bicyclic) bond motifs is 10. The third-order valence-electron chi connectivity index (χ3n) is 10.7. The maximum atomic E-state index is 6.96. The van der Waals surface area contributed by atoms with Gasteiger partial charge in [0.2, 0.25) is 0 Å². The van der Waals surface area contributed by atoms with Gasteiger partial charge in [0, 0.05) is 27.5 Å². The molecule has 0 atom stereocenters. The van der Waals surface area contributed by atoms with Gasteiger partial charge in [0.1, 0.15) is 16.7 Å². The number of hydrogen-bond acceptors (Lipinski definition) is 3. The van der Waals surface area contributed by atoms with Crippen molar-refractivity contribution in [1.29, 1.82) is 0 Å². The zero-order chi connectivity index (χ0) is 34.9. The monoisotopic (exact) mass is 677 g/mol. The molecule has 0 amide bonds. The molecule has 11 rings (SSSR count). The Balaban J connectivity index is 1.11. The van der Waals surface area contributed by atoms with Gasteiger partial charge >= 0.3 is 0 Å². The van der Waals surface area contributed by atoms with Crippen LogP contribution in [-0.2, 0) is 0 Å². The number of rotatable bonds is 5. The fourth-order valence-electron chi connectivity index (χ4n) is 8.17. The van der Waals surface area contributed by atoms with Crippen molar-refractivity contribution in [2.24, 2.45) is 0 Å². The van der Waals surface area contributed by atoms with E-state index in [0.717, 1.165) is 60.9 Å². The molecule has 0 aliphatic heterocycles. The first-order valence-corrected chi connectivity index (χ1v) is 18.0. The number of furan rings is 2. The van der Waals surface area contributed by atoms with Gasteiger partial charge in [0.05, 0.1) is 11.1 Å². The highest BCUT2D eigenvalue weighted by Crippen LogP contribution is 2.46. The summed E-state index contributed by atoms with van der Waals surface area (Å²) >= 11 is 0. The van der Waals surface area contributed by atoms with Gasteiger partial charge in [0.25, 0.3) is 0 Å². The van der Waals surface area contributed by atoms with Crippen molar-refractivity contribution in [1.82, 2.24) is 0 Å². The zero-order valence-corrected chi connectivity index (χ0v) is 28.7.